The fraction of sp³-hybridized carbons (Fsp3) is 0.176. The lowest BCUT2D eigenvalue weighted by Gasteiger charge is -2.10. The van der Waals surface area contributed by atoms with E-state index in [0.29, 0.717) is 0 Å². The number of phenols is 1. The van der Waals surface area contributed by atoms with Crippen LogP contribution >= 0.6 is 0 Å². The van der Waals surface area contributed by atoms with Gasteiger partial charge in [0, 0.05) is 0 Å². The van der Waals surface area contributed by atoms with Crippen molar-refractivity contribution in [3.05, 3.63) is 52.1 Å². The fourth-order valence-electron chi connectivity index (χ4n) is 2.14. The van der Waals surface area contributed by atoms with E-state index in [2.05, 4.69) is 5.32 Å². The van der Waals surface area contributed by atoms with E-state index in [1.165, 1.54) is 44.6 Å². The molecule has 0 aromatic heterocycles. The normalized spacial score (nSPS) is 10.0. The second kappa shape index (κ2) is 8.52. The van der Waals surface area contributed by atoms with Gasteiger partial charge < -0.3 is 24.6 Å². The molecule has 2 N–H and O–H groups in total. The van der Waals surface area contributed by atoms with Gasteiger partial charge in [0.25, 0.3) is 11.6 Å². The van der Waals surface area contributed by atoms with Crippen molar-refractivity contribution in [2.45, 2.75) is 0 Å². The molecule has 0 saturated carbocycles. The Hall–Kier alpha value is -3.82. The maximum absolute atomic E-state index is 12.0. The highest BCUT2D eigenvalue weighted by Gasteiger charge is 2.20. The third-order valence-corrected chi connectivity index (χ3v) is 3.45. The largest absolute Gasteiger partial charge is 0.504 e. The number of benzene rings is 2. The highest BCUT2D eigenvalue weighted by molar-refractivity contribution is 5.98. The zero-order valence-corrected chi connectivity index (χ0v) is 14.4. The average Bonchev–Trinajstić information content (AvgIpc) is 2.66. The molecule has 0 spiro atoms. The zero-order chi connectivity index (χ0) is 20.0. The van der Waals surface area contributed by atoms with Gasteiger partial charge in [-0.25, -0.2) is 4.79 Å². The predicted octanol–water partition coefficient (Wildman–Crippen LogP) is 2.11. The molecule has 0 heterocycles. The Morgan fingerprint density at radius 2 is 1.93 bits per heavy atom. The summed E-state index contributed by atoms with van der Waals surface area (Å²) in [7, 11) is 2.67. The molecule has 0 radical (unpaired) electrons. The number of phenolic OH excluding ortho intramolecular Hbond substituents is 1. The molecule has 0 saturated heterocycles. The lowest BCUT2D eigenvalue weighted by atomic mass is 10.2. The first-order valence-electron chi connectivity index (χ1n) is 7.52. The Morgan fingerprint density at radius 3 is 2.56 bits per heavy atom. The van der Waals surface area contributed by atoms with Crippen LogP contribution in [0.2, 0.25) is 0 Å². The van der Waals surface area contributed by atoms with E-state index >= 15 is 0 Å². The first-order valence-corrected chi connectivity index (χ1v) is 7.52. The SMILES string of the molecule is COc1ccc(NC(=O)COC(=O)c2cccc(OC)c2O)c([N+](=O)[O-])c1. The molecule has 0 aliphatic rings. The van der Waals surface area contributed by atoms with Gasteiger partial charge in [0.15, 0.2) is 18.1 Å². The third-order valence-electron chi connectivity index (χ3n) is 3.45. The van der Waals surface area contributed by atoms with Crippen molar-refractivity contribution in [1.29, 1.82) is 0 Å². The van der Waals surface area contributed by atoms with Gasteiger partial charge in [-0.1, -0.05) is 6.07 Å². The first-order chi connectivity index (χ1) is 12.9. The van der Waals surface area contributed by atoms with Gasteiger partial charge in [-0.3, -0.25) is 14.9 Å². The number of aromatic hydroxyl groups is 1. The minimum absolute atomic E-state index is 0.0720. The number of anilines is 1. The molecule has 2 aromatic rings. The number of rotatable bonds is 7. The van der Waals surface area contributed by atoms with Crippen LogP contribution < -0.4 is 14.8 Å². The number of methoxy groups -OCH3 is 2. The number of hydrogen-bond acceptors (Lipinski definition) is 8. The van der Waals surface area contributed by atoms with Gasteiger partial charge in [0.05, 0.1) is 25.2 Å². The molecule has 10 nitrogen and oxygen atoms in total. The summed E-state index contributed by atoms with van der Waals surface area (Å²) >= 11 is 0. The standard InChI is InChI=1S/C17H16N2O8/c1-25-10-6-7-12(13(8-10)19(23)24)18-15(20)9-27-17(22)11-4-3-5-14(26-2)16(11)21/h3-8,21H,9H2,1-2H3,(H,18,20). The Labute approximate surface area is 153 Å². The molecular formula is C17H16N2O8. The number of nitrogens with one attached hydrogen (secondary N) is 1. The number of nitro benzene ring substituents is 1. The number of nitrogens with zero attached hydrogens (tertiary/aromatic N) is 1. The summed E-state index contributed by atoms with van der Waals surface area (Å²) in [6.07, 6.45) is 0. The molecule has 27 heavy (non-hydrogen) atoms. The molecule has 142 valence electrons. The van der Waals surface area contributed by atoms with Crippen LogP contribution in [0.25, 0.3) is 0 Å². The number of carbonyl (C=O) groups is 2. The smallest absolute Gasteiger partial charge is 0.342 e. The molecule has 0 atom stereocenters. The van der Waals surface area contributed by atoms with Crippen LogP contribution in [0.15, 0.2) is 36.4 Å². The highest BCUT2D eigenvalue weighted by atomic mass is 16.6. The van der Waals surface area contributed by atoms with Gasteiger partial charge in [0.1, 0.15) is 17.0 Å². The molecule has 2 aromatic carbocycles. The van der Waals surface area contributed by atoms with E-state index in [1.54, 1.807) is 0 Å². The second-order valence-electron chi connectivity index (χ2n) is 5.12. The van der Waals surface area contributed by atoms with E-state index in [1.807, 2.05) is 0 Å². The van der Waals surface area contributed by atoms with Gasteiger partial charge >= 0.3 is 5.97 Å². The van der Waals surface area contributed by atoms with Crippen LogP contribution in [0.4, 0.5) is 11.4 Å². The molecular weight excluding hydrogens is 360 g/mol. The summed E-state index contributed by atoms with van der Waals surface area (Å²) in [5.74, 6) is -1.84. The third kappa shape index (κ3) is 4.63. The topological polar surface area (TPSA) is 137 Å². The molecule has 2 rings (SSSR count). The van der Waals surface area contributed by atoms with Crippen molar-refractivity contribution < 1.29 is 33.8 Å². The lowest BCUT2D eigenvalue weighted by molar-refractivity contribution is -0.384. The van der Waals surface area contributed by atoms with Crippen molar-refractivity contribution >= 4 is 23.3 Å². The predicted molar refractivity (Wildman–Crippen MR) is 93.2 cm³/mol. The van der Waals surface area contributed by atoms with E-state index < -0.39 is 29.2 Å². The van der Waals surface area contributed by atoms with Crippen molar-refractivity contribution in [2.75, 3.05) is 26.1 Å². The number of hydrogen-bond donors (Lipinski definition) is 2. The minimum atomic E-state index is -0.953. The Morgan fingerprint density at radius 1 is 1.19 bits per heavy atom. The van der Waals surface area contributed by atoms with Crippen molar-refractivity contribution in [2.24, 2.45) is 0 Å². The quantitative estimate of drug-likeness (QED) is 0.426. The van der Waals surface area contributed by atoms with Crippen molar-refractivity contribution in [3.63, 3.8) is 0 Å². The Balaban J connectivity index is 2.05. The van der Waals surface area contributed by atoms with Gasteiger partial charge in [-0.05, 0) is 24.3 Å². The number of amides is 1. The molecule has 0 fully saturated rings. The second-order valence-corrected chi connectivity index (χ2v) is 5.12. The molecule has 0 aliphatic carbocycles. The van der Waals surface area contributed by atoms with Crippen LogP contribution in [-0.2, 0) is 9.53 Å². The van der Waals surface area contributed by atoms with E-state index in [9.17, 15) is 24.8 Å². The summed E-state index contributed by atoms with van der Waals surface area (Å²) < 4.78 is 14.6. The highest BCUT2D eigenvalue weighted by Crippen LogP contribution is 2.30. The van der Waals surface area contributed by atoms with Crippen molar-refractivity contribution in [3.8, 4) is 17.2 Å². The monoisotopic (exact) mass is 376 g/mol. The maximum Gasteiger partial charge on any atom is 0.342 e. The number of nitro groups is 1. The summed E-state index contributed by atoms with van der Waals surface area (Å²) in [5.41, 5.74) is -0.636. The van der Waals surface area contributed by atoms with Gasteiger partial charge in [0.2, 0.25) is 0 Å². The molecule has 1 amide bonds. The number of para-hydroxylation sites is 1. The molecule has 0 unspecified atom stereocenters. The van der Waals surface area contributed by atoms with Crippen molar-refractivity contribution in [1.82, 2.24) is 0 Å². The number of carbonyl (C=O) groups excluding carboxylic acids is 2. The number of esters is 1. The Kier molecular flexibility index (Phi) is 6.15. The fourth-order valence-corrected chi connectivity index (χ4v) is 2.14. The van der Waals surface area contributed by atoms with Crippen LogP contribution in [0.1, 0.15) is 10.4 Å². The molecule has 0 bridgehead atoms. The van der Waals surface area contributed by atoms with E-state index in [4.69, 9.17) is 14.2 Å². The molecule has 0 aliphatic heterocycles. The maximum atomic E-state index is 12.0. The summed E-state index contributed by atoms with van der Waals surface area (Å²) in [5, 5.41) is 23.3. The zero-order valence-electron chi connectivity index (χ0n) is 14.4. The average molecular weight is 376 g/mol. The first kappa shape index (κ1) is 19.5. The lowest BCUT2D eigenvalue weighted by Crippen LogP contribution is -2.21. The van der Waals surface area contributed by atoms with Crippen LogP contribution in [0, 0.1) is 10.1 Å². The number of ether oxygens (including phenoxy) is 3. The van der Waals surface area contributed by atoms with Crippen LogP contribution in [0.3, 0.4) is 0 Å². The van der Waals surface area contributed by atoms with Crippen LogP contribution in [-0.4, -0.2) is 42.7 Å². The van der Waals surface area contributed by atoms with E-state index in [-0.39, 0.29) is 28.4 Å². The Bertz CT molecular complexity index is 881. The van der Waals surface area contributed by atoms with Gasteiger partial charge in [-0.2, -0.15) is 0 Å². The summed E-state index contributed by atoms with van der Waals surface area (Å²) in [6.45, 7) is -0.710. The van der Waals surface area contributed by atoms with Gasteiger partial charge in [-0.15, -0.1) is 0 Å². The minimum Gasteiger partial charge on any atom is -0.504 e. The summed E-state index contributed by atoms with van der Waals surface area (Å²) in [6, 6.07) is 8.09. The summed E-state index contributed by atoms with van der Waals surface area (Å²) in [4.78, 5) is 34.4. The van der Waals surface area contributed by atoms with Crippen LogP contribution in [0.5, 0.6) is 17.2 Å². The molecule has 10 heteroatoms. The van der Waals surface area contributed by atoms with E-state index in [0.717, 1.165) is 6.07 Å².